The lowest BCUT2D eigenvalue weighted by Gasteiger charge is -2.58. The summed E-state index contributed by atoms with van der Waals surface area (Å²) in [5.41, 5.74) is 2.88. The maximum Gasteiger partial charge on any atom is 0.412 e. The van der Waals surface area contributed by atoms with Crippen LogP contribution in [-0.2, 0) is 14.3 Å². The largest absolute Gasteiger partial charge is 0.460 e. The molecule has 2 aliphatic heterocycles. The molecule has 360 valence electrons. The SMILES string of the molecule is C=CCO[C@@]12Oc3ccc(OC(=O)NCCCCCCCCCCCC)cc3[C@H]3[C@H](CCCCO)[C@@H](CCCCO)C=C(C(=NOC4CCCCO4)C[C@@H]1Sc1ccc4ccccc4c1)[C@H]32. The van der Waals surface area contributed by atoms with Crippen LogP contribution >= 0.6 is 11.8 Å². The van der Waals surface area contributed by atoms with E-state index in [1.54, 1.807) is 17.8 Å². The average molecular weight is 925 g/mol. The van der Waals surface area contributed by atoms with Crippen LogP contribution < -0.4 is 14.8 Å². The monoisotopic (exact) mass is 925 g/mol. The van der Waals surface area contributed by atoms with Gasteiger partial charge in [0.15, 0.2) is 0 Å². The molecule has 11 heteroatoms. The third-order valence-electron chi connectivity index (χ3n) is 14.0. The summed E-state index contributed by atoms with van der Waals surface area (Å²) >= 11 is 1.75. The summed E-state index contributed by atoms with van der Waals surface area (Å²) in [7, 11) is 0. The lowest BCUT2D eigenvalue weighted by Crippen LogP contribution is -2.64. The summed E-state index contributed by atoms with van der Waals surface area (Å²) in [5.74, 6) is -0.183. The van der Waals surface area contributed by atoms with Crippen LogP contribution in [0.4, 0.5) is 4.79 Å². The highest BCUT2D eigenvalue weighted by molar-refractivity contribution is 8.00. The Kier molecular flexibility index (Phi) is 19.7. The summed E-state index contributed by atoms with van der Waals surface area (Å²) in [6.45, 7) is 8.09. The zero-order chi connectivity index (χ0) is 46.0. The Morgan fingerprint density at radius 3 is 2.39 bits per heavy atom. The zero-order valence-electron chi connectivity index (χ0n) is 39.5. The predicted octanol–water partition coefficient (Wildman–Crippen LogP) is 12.8. The highest BCUT2D eigenvalue weighted by atomic mass is 32.2. The Bertz CT molecular complexity index is 2050. The fourth-order valence-electron chi connectivity index (χ4n) is 10.8. The van der Waals surface area contributed by atoms with Gasteiger partial charge in [0, 0.05) is 49.0 Å². The van der Waals surface area contributed by atoms with E-state index in [0.717, 1.165) is 84.9 Å². The molecule has 4 aliphatic rings. The van der Waals surface area contributed by atoms with Crippen LogP contribution in [0.15, 0.2) is 95.0 Å². The van der Waals surface area contributed by atoms with Crippen molar-refractivity contribution in [1.29, 1.82) is 0 Å². The second-order valence-corrected chi connectivity index (χ2v) is 20.0. The Hall–Kier alpha value is -3.87. The standard InChI is InChI=1S/C55H76N2O8S/c1-3-5-6-7-8-9-10-11-12-18-31-56-54(60)63-43-28-30-49-47(38-43)52-45(25-16-20-33-59)42(24-15-19-32-58)37-46-48(57-65-51-26-17-21-35-61-51)39-50(55(64-49,53(46)52)62-34-4-2)66-44-29-27-40-22-13-14-23-41(40)36-44/h4,13-14,22-23,27-30,36-38,42,45,50-53,58-59H,2-3,5-12,15-21,24-26,31-35,39H2,1H3,(H,56,60)/t42-,45+,50-,51?,52+,53+,55+/m0/s1. The molecule has 66 heavy (non-hydrogen) atoms. The number of aliphatic hydroxyl groups is 2. The molecule has 0 radical (unpaired) electrons. The third kappa shape index (κ3) is 13.0. The number of amides is 1. The number of rotatable bonds is 27. The van der Waals surface area contributed by atoms with Crippen LogP contribution in [0.5, 0.6) is 11.5 Å². The number of nitrogens with zero attached hydrogens (tertiary/aromatic N) is 1. The second kappa shape index (κ2) is 26.0. The maximum atomic E-state index is 13.3. The minimum Gasteiger partial charge on any atom is -0.460 e. The number of nitrogens with one attached hydrogen (secondary N) is 1. The van der Waals surface area contributed by atoms with Crippen molar-refractivity contribution in [3.8, 4) is 11.5 Å². The van der Waals surface area contributed by atoms with Gasteiger partial charge in [-0.2, -0.15) is 0 Å². The number of carbonyl (C=O) groups is 1. The average Bonchev–Trinajstić information content (AvgIpc) is 3.34. The van der Waals surface area contributed by atoms with E-state index in [9.17, 15) is 15.0 Å². The number of hydrogen-bond donors (Lipinski definition) is 3. The number of benzene rings is 3. The topological polar surface area (TPSA) is 128 Å². The number of aliphatic hydroxyl groups excluding tert-OH is 2. The number of carbonyl (C=O) groups excluding carboxylic acids is 1. The number of unbranched alkanes of at least 4 members (excludes halogenated alkanes) is 11. The van der Waals surface area contributed by atoms with Crippen LogP contribution in [0.25, 0.3) is 10.8 Å². The summed E-state index contributed by atoms with van der Waals surface area (Å²) < 4.78 is 26.6. The van der Waals surface area contributed by atoms with Gasteiger partial charge < -0.3 is 39.3 Å². The molecule has 7 atom stereocenters. The molecular weight excluding hydrogens is 849 g/mol. The van der Waals surface area contributed by atoms with Crippen molar-refractivity contribution < 1.29 is 38.8 Å². The molecule has 2 heterocycles. The summed E-state index contributed by atoms with van der Waals surface area (Å²) in [6.07, 6.45) is 23.8. The second-order valence-electron chi connectivity index (χ2n) is 18.8. The van der Waals surface area contributed by atoms with Gasteiger partial charge >= 0.3 is 6.09 Å². The molecule has 3 aromatic rings. The van der Waals surface area contributed by atoms with Gasteiger partial charge in [-0.1, -0.05) is 125 Å². The van der Waals surface area contributed by atoms with Crippen molar-refractivity contribution in [2.75, 3.05) is 33.0 Å². The van der Waals surface area contributed by atoms with Gasteiger partial charge in [0.1, 0.15) is 11.5 Å². The van der Waals surface area contributed by atoms with E-state index in [4.69, 9.17) is 28.9 Å². The van der Waals surface area contributed by atoms with Crippen molar-refractivity contribution in [3.63, 3.8) is 0 Å². The first-order valence-corrected chi connectivity index (χ1v) is 26.3. The van der Waals surface area contributed by atoms with Crippen LogP contribution in [0.1, 0.15) is 147 Å². The number of allylic oxidation sites excluding steroid dienone is 1. The normalized spacial score (nSPS) is 25.1. The minimum absolute atomic E-state index is 0.118. The van der Waals surface area contributed by atoms with Crippen molar-refractivity contribution in [2.45, 2.75) is 163 Å². The summed E-state index contributed by atoms with van der Waals surface area (Å²) in [4.78, 5) is 20.8. The lowest BCUT2D eigenvalue weighted by atomic mass is 9.56. The zero-order valence-corrected chi connectivity index (χ0v) is 40.3. The van der Waals surface area contributed by atoms with Gasteiger partial charge in [-0.25, -0.2) is 4.79 Å². The molecule has 7 rings (SSSR count). The molecule has 3 aromatic carbocycles. The molecule has 1 saturated heterocycles. The molecule has 2 fully saturated rings. The highest BCUT2D eigenvalue weighted by Crippen LogP contribution is 2.63. The lowest BCUT2D eigenvalue weighted by molar-refractivity contribution is -0.223. The van der Waals surface area contributed by atoms with Gasteiger partial charge in [0.2, 0.25) is 12.1 Å². The van der Waals surface area contributed by atoms with Gasteiger partial charge in [0.25, 0.3) is 0 Å². The molecule has 1 saturated carbocycles. The van der Waals surface area contributed by atoms with E-state index in [1.165, 1.54) is 56.8 Å². The first-order valence-electron chi connectivity index (χ1n) is 25.4. The van der Waals surface area contributed by atoms with Gasteiger partial charge in [-0.15, -0.1) is 18.3 Å². The van der Waals surface area contributed by atoms with Gasteiger partial charge in [-0.3, -0.25) is 0 Å². The number of fused-ring (bicyclic) bond motifs is 3. The van der Waals surface area contributed by atoms with Crippen LogP contribution in [0, 0.1) is 17.8 Å². The van der Waals surface area contributed by atoms with Gasteiger partial charge in [0.05, 0.1) is 30.1 Å². The fourth-order valence-corrected chi connectivity index (χ4v) is 12.1. The van der Waals surface area contributed by atoms with E-state index < -0.39 is 18.2 Å². The van der Waals surface area contributed by atoms with Crippen molar-refractivity contribution in [1.82, 2.24) is 5.32 Å². The Labute approximate surface area is 398 Å². The molecule has 0 spiro atoms. The summed E-state index contributed by atoms with van der Waals surface area (Å²) in [5, 5.41) is 30.0. The van der Waals surface area contributed by atoms with Crippen LogP contribution in [-0.4, -0.2) is 72.3 Å². The Balaban J connectivity index is 1.23. The number of oxime groups is 1. The molecule has 0 bridgehead atoms. The first kappa shape index (κ1) is 50.0. The third-order valence-corrected chi connectivity index (χ3v) is 15.4. The van der Waals surface area contributed by atoms with Crippen molar-refractivity contribution in [3.05, 3.63) is 90.5 Å². The quantitative estimate of drug-likeness (QED) is 0.0389. The number of hydrogen-bond acceptors (Lipinski definition) is 10. The molecule has 2 aliphatic carbocycles. The van der Waals surface area contributed by atoms with Crippen molar-refractivity contribution >= 4 is 34.3 Å². The molecule has 1 amide bonds. The highest BCUT2D eigenvalue weighted by Gasteiger charge is 2.64. The number of thioether (sulfide) groups is 1. The molecule has 1 unspecified atom stereocenters. The minimum atomic E-state index is -1.14. The Morgan fingerprint density at radius 2 is 1.65 bits per heavy atom. The molecular formula is C55H76N2O8S. The van der Waals surface area contributed by atoms with Crippen LogP contribution in [0.2, 0.25) is 0 Å². The van der Waals surface area contributed by atoms with E-state index in [-0.39, 0.29) is 48.7 Å². The van der Waals surface area contributed by atoms with E-state index in [1.807, 2.05) is 18.2 Å². The smallest absolute Gasteiger partial charge is 0.412 e. The maximum absolute atomic E-state index is 13.3. The Morgan fingerprint density at radius 1 is 0.894 bits per heavy atom. The molecule has 3 N–H and O–H groups in total. The molecule has 0 aromatic heterocycles. The van der Waals surface area contributed by atoms with Crippen molar-refractivity contribution in [2.24, 2.45) is 22.9 Å². The summed E-state index contributed by atoms with van der Waals surface area (Å²) in [6, 6.07) is 20.8. The van der Waals surface area contributed by atoms with E-state index in [2.05, 4.69) is 67.4 Å². The molecule has 10 nitrogen and oxygen atoms in total. The fraction of sp³-hybridized carbons (Fsp3) is 0.600. The first-order chi connectivity index (χ1) is 32.5. The van der Waals surface area contributed by atoms with Crippen LogP contribution in [0.3, 0.4) is 0 Å². The predicted molar refractivity (Wildman–Crippen MR) is 265 cm³/mol. The van der Waals surface area contributed by atoms with E-state index >= 15 is 0 Å². The van der Waals surface area contributed by atoms with Gasteiger partial charge in [-0.05, 0) is 103 Å². The van der Waals surface area contributed by atoms with E-state index in [0.29, 0.717) is 43.9 Å². The number of ether oxygens (including phenoxy) is 4.